The second-order valence-electron chi connectivity index (χ2n) is 7.65. The number of terminal acetylenes is 1. The van der Waals surface area contributed by atoms with Gasteiger partial charge in [-0.05, 0) is 17.3 Å². The van der Waals surface area contributed by atoms with Gasteiger partial charge < -0.3 is 32.5 Å². The fourth-order valence-corrected chi connectivity index (χ4v) is 6.50. The molecule has 2 aliphatic rings. The van der Waals surface area contributed by atoms with E-state index in [1.807, 2.05) is 0 Å². The Hall–Kier alpha value is -4.21. The quantitative estimate of drug-likeness (QED) is 0.0221. The van der Waals surface area contributed by atoms with Crippen molar-refractivity contribution in [3.05, 3.63) is 28.4 Å². The minimum atomic E-state index is -1.28. The van der Waals surface area contributed by atoms with Crippen LogP contribution in [0.1, 0.15) is 5.69 Å². The van der Waals surface area contributed by atoms with Gasteiger partial charge in [-0.1, -0.05) is 16.1 Å². The number of nitrogen functional groups attached to an aromatic ring is 4. The fourth-order valence-electron chi connectivity index (χ4n) is 3.52. The van der Waals surface area contributed by atoms with Gasteiger partial charge in [0, 0.05) is 16.9 Å². The molecule has 18 heteroatoms. The lowest BCUT2D eigenvalue weighted by Crippen LogP contribution is -2.71. The number of carbonyl (C=O) groups is 3. The van der Waals surface area contributed by atoms with E-state index in [2.05, 4.69) is 26.4 Å². The zero-order chi connectivity index (χ0) is 27.6. The summed E-state index contributed by atoms with van der Waals surface area (Å²) < 4.78 is 1.13. The van der Waals surface area contributed by atoms with Gasteiger partial charge in [0.2, 0.25) is 11.6 Å². The number of amides is 2. The molecule has 1 saturated heterocycles. The average molecular weight is 578 g/mol. The highest BCUT2D eigenvalue weighted by Crippen LogP contribution is 2.41. The second kappa shape index (κ2) is 11.0. The fraction of sp³-hybridized carbons (Fsp3) is 0.250. The molecule has 2 aliphatic heterocycles. The van der Waals surface area contributed by atoms with Crippen molar-refractivity contribution in [1.82, 2.24) is 20.2 Å². The Labute approximate surface area is 227 Å². The zero-order valence-corrected chi connectivity index (χ0v) is 21.8. The number of carbonyl (C=O) groups excluding carboxylic acids is 2. The Bertz CT molecular complexity index is 1420. The number of nitrogens with zero attached hydrogens (tertiary/aromatic N) is 5. The maximum atomic E-state index is 13.0. The molecular weight excluding hydrogens is 556 g/mol. The van der Waals surface area contributed by atoms with Gasteiger partial charge in [0.1, 0.15) is 22.8 Å². The number of nitrogens with one attached hydrogen (secondary N) is 1. The normalized spacial score (nSPS) is 18.9. The summed E-state index contributed by atoms with van der Waals surface area (Å²) in [5.74, 6) is 6.22. The smallest absolute Gasteiger partial charge is 0.352 e. The van der Waals surface area contributed by atoms with E-state index in [-0.39, 0.29) is 57.1 Å². The summed E-state index contributed by atoms with van der Waals surface area (Å²) in [6, 6.07) is 0.382. The van der Waals surface area contributed by atoms with E-state index in [9.17, 15) is 19.5 Å². The molecule has 0 spiro atoms. The topological polar surface area (TPSA) is 242 Å². The summed E-state index contributed by atoms with van der Waals surface area (Å²) >= 11 is 3.50. The van der Waals surface area contributed by atoms with Crippen molar-refractivity contribution >= 4 is 75.1 Å². The third kappa shape index (κ3) is 5.25. The first-order chi connectivity index (χ1) is 18.1. The van der Waals surface area contributed by atoms with E-state index in [4.69, 9.17) is 34.3 Å². The number of carboxylic acid groups (broad SMARTS) is 1. The molecule has 0 aromatic carbocycles. The van der Waals surface area contributed by atoms with Gasteiger partial charge in [0.25, 0.3) is 11.8 Å². The number of anilines is 3. The van der Waals surface area contributed by atoms with Crippen LogP contribution in [0.15, 0.2) is 33.0 Å². The number of nitrogens with two attached hydrogens (primary N) is 4. The average Bonchev–Trinajstić information content (AvgIpc) is 3.31. The van der Waals surface area contributed by atoms with Crippen molar-refractivity contribution in [3.8, 4) is 12.3 Å². The van der Waals surface area contributed by atoms with Crippen molar-refractivity contribution in [2.75, 3.05) is 41.2 Å². The number of thiazole rings is 1. The Morgan fingerprint density at radius 3 is 2.82 bits per heavy atom. The Morgan fingerprint density at radius 2 is 2.16 bits per heavy atom. The lowest BCUT2D eigenvalue weighted by atomic mass is 10.0. The van der Waals surface area contributed by atoms with E-state index in [0.717, 1.165) is 32.7 Å². The molecule has 2 aromatic rings. The second-order valence-corrected chi connectivity index (χ2v) is 10.6. The number of rotatable bonds is 9. The van der Waals surface area contributed by atoms with Crippen LogP contribution < -0.4 is 33.0 Å². The van der Waals surface area contributed by atoms with Crippen LogP contribution in [0.25, 0.3) is 0 Å². The largest absolute Gasteiger partial charge is 0.477 e. The van der Waals surface area contributed by atoms with Crippen LogP contribution in [0.3, 0.4) is 0 Å². The number of β-lactam (4-membered cyclic amide) rings is 1. The lowest BCUT2D eigenvalue weighted by molar-refractivity contribution is -0.667. The van der Waals surface area contributed by atoms with Crippen molar-refractivity contribution in [2.24, 2.45) is 5.16 Å². The minimum absolute atomic E-state index is 0.139. The number of oxime groups is 1. The number of hydrogen-bond acceptors (Lipinski definition) is 14. The molecule has 198 valence electrons. The van der Waals surface area contributed by atoms with Crippen molar-refractivity contribution in [2.45, 2.75) is 16.6 Å². The molecule has 4 heterocycles. The first-order valence-electron chi connectivity index (χ1n) is 10.5. The summed E-state index contributed by atoms with van der Waals surface area (Å²) in [5.41, 5.74) is 17.4. The molecule has 2 atom stereocenters. The zero-order valence-electron chi connectivity index (χ0n) is 19.4. The SMILES string of the molecule is C#CCO/N=C(\C(=O)NC1C(=O)N2C(C(=O)O)=C(CSc3nc(N)cc(N)[n+]3N)CSC12)c1csc(N)n1. The summed E-state index contributed by atoms with van der Waals surface area (Å²) in [4.78, 5) is 52.4. The third-order valence-electron chi connectivity index (χ3n) is 5.20. The minimum Gasteiger partial charge on any atom is -0.477 e. The van der Waals surface area contributed by atoms with Crippen LogP contribution in [-0.4, -0.2) is 73.0 Å². The summed E-state index contributed by atoms with van der Waals surface area (Å²) in [7, 11) is 0. The molecule has 38 heavy (non-hydrogen) atoms. The lowest BCUT2D eigenvalue weighted by Gasteiger charge is -2.49. The number of fused-ring (bicyclic) bond motifs is 1. The Morgan fingerprint density at radius 1 is 1.39 bits per heavy atom. The van der Waals surface area contributed by atoms with Gasteiger partial charge in [0.15, 0.2) is 17.5 Å². The van der Waals surface area contributed by atoms with Gasteiger partial charge in [-0.3, -0.25) is 20.3 Å². The monoisotopic (exact) mass is 577 g/mol. The molecule has 0 aliphatic carbocycles. The van der Waals surface area contributed by atoms with Gasteiger partial charge >= 0.3 is 11.1 Å². The first kappa shape index (κ1) is 26.8. The predicted octanol–water partition coefficient (Wildman–Crippen LogP) is -1.83. The Balaban J connectivity index is 1.51. The third-order valence-corrected chi connectivity index (χ3v) is 8.25. The van der Waals surface area contributed by atoms with E-state index in [0.29, 0.717) is 5.57 Å². The van der Waals surface area contributed by atoms with E-state index < -0.39 is 29.2 Å². The molecule has 0 saturated carbocycles. The van der Waals surface area contributed by atoms with Crippen LogP contribution in [0, 0.1) is 12.3 Å². The van der Waals surface area contributed by atoms with Crippen LogP contribution in [-0.2, 0) is 19.2 Å². The standard InChI is InChI=1S/C20H20N10O5S3/c1-2-3-35-28-12(9-7-37-19(23)25-9)15(31)27-13-16(32)29-14(18(33)34)8(5-36-17(13)29)6-38-20-26-10(21)4-11(22)30(20)24/h1,4,7,13,17H,3,5-6,24H2,(H7,21,22,23,25,27,31,33,34)/p+1/b28-12-. The van der Waals surface area contributed by atoms with E-state index in [1.165, 1.54) is 23.2 Å². The molecule has 0 bridgehead atoms. The molecule has 2 amide bonds. The van der Waals surface area contributed by atoms with Crippen LogP contribution in [0.2, 0.25) is 0 Å². The molecule has 2 unspecified atom stereocenters. The van der Waals surface area contributed by atoms with Gasteiger partial charge in [-0.25, -0.2) is 9.78 Å². The number of aliphatic carboxylic acids is 1. The number of thioether (sulfide) groups is 2. The number of hydrogen-bond donors (Lipinski definition) is 6. The highest BCUT2D eigenvalue weighted by molar-refractivity contribution is 8.01. The Kier molecular flexibility index (Phi) is 7.80. The number of carboxylic acids is 1. The van der Waals surface area contributed by atoms with E-state index >= 15 is 0 Å². The van der Waals surface area contributed by atoms with Gasteiger partial charge in [-0.15, -0.1) is 34.2 Å². The van der Waals surface area contributed by atoms with Crippen LogP contribution in [0.5, 0.6) is 0 Å². The van der Waals surface area contributed by atoms with Crippen molar-refractivity contribution < 1.29 is 29.0 Å². The summed E-state index contributed by atoms with van der Waals surface area (Å²) in [6.07, 6.45) is 5.15. The van der Waals surface area contributed by atoms with Crippen LogP contribution >= 0.6 is 34.9 Å². The molecule has 0 radical (unpaired) electrons. The van der Waals surface area contributed by atoms with Crippen molar-refractivity contribution in [3.63, 3.8) is 0 Å². The van der Waals surface area contributed by atoms with Gasteiger partial charge in [0.05, 0.1) is 6.07 Å². The molecule has 2 aromatic heterocycles. The molecule has 15 nitrogen and oxygen atoms in total. The maximum absolute atomic E-state index is 13.0. The highest BCUT2D eigenvalue weighted by atomic mass is 32.2. The molecule has 1 fully saturated rings. The number of aromatic nitrogens is 3. The molecular formula is C20H21N10O5S3+. The summed E-state index contributed by atoms with van der Waals surface area (Å²) in [6.45, 7) is -0.194. The van der Waals surface area contributed by atoms with Crippen molar-refractivity contribution in [1.29, 1.82) is 0 Å². The first-order valence-corrected chi connectivity index (χ1v) is 13.4. The van der Waals surface area contributed by atoms with Gasteiger partial charge in [-0.2, -0.15) is 0 Å². The van der Waals surface area contributed by atoms with Crippen LogP contribution in [0.4, 0.5) is 16.8 Å². The molecule has 4 rings (SSSR count). The maximum Gasteiger partial charge on any atom is 0.352 e. The molecule has 10 N–H and O–H groups in total. The predicted molar refractivity (Wildman–Crippen MR) is 142 cm³/mol. The summed E-state index contributed by atoms with van der Waals surface area (Å²) in [5, 5.41) is 17.5. The van der Waals surface area contributed by atoms with E-state index in [1.54, 1.807) is 0 Å². The highest BCUT2D eigenvalue weighted by Gasteiger charge is 2.54.